The van der Waals surface area contributed by atoms with E-state index in [0.717, 1.165) is 4.60 Å². The third-order valence-electron chi connectivity index (χ3n) is 0.976. The van der Waals surface area contributed by atoms with E-state index in [1.165, 1.54) is 0 Å². The van der Waals surface area contributed by atoms with Crippen LogP contribution in [-0.4, -0.2) is 9.55 Å². The van der Waals surface area contributed by atoms with Crippen LogP contribution >= 0.6 is 15.9 Å². The van der Waals surface area contributed by atoms with Crippen molar-refractivity contribution in [2.75, 3.05) is 0 Å². The Morgan fingerprint density at radius 3 is 2.78 bits per heavy atom. The Bertz CT molecular complexity index is 257. The number of aryl methyl sites for hydroxylation is 1. The lowest BCUT2D eigenvalue weighted by Gasteiger charge is -1.86. The maximum Gasteiger partial charge on any atom is 0.185 e. The molecule has 0 N–H and O–H groups in total. The van der Waals surface area contributed by atoms with Gasteiger partial charge in [-0.2, -0.15) is 0 Å². The fraction of sp³-hybridized carbons (Fsp3) is 0.167. The normalized spacial score (nSPS) is 9.00. The van der Waals surface area contributed by atoms with Crippen molar-refractivity contribution in [2.24, 2.45) is 7.05 Å². The van der Waals surface area contributed by atoms with E-state index in [9.17, 15) is 0 Å². The van der Waals surface area contributed by atoms with Crippen LogP contribution in [0.1, 0.15) is 5.82 Å². The Labute approximate surface area is 62.0 Å². The van der Waals surface area contributed by atoms with Crippen molar-refractivity contribution >= 4 is 15.9 Å². The third kappa shape index (κ3) is 1.14. The highest BCUT2D eigenvalue weighted by molar-refractivity contribution is 9.10. The first kappa shape index (κ1) is 6.37. The van der Waals surface area contributed by atoms with Gasteiger partial charge in [-0.1, -0.05) is 0 Å². The fourth-order valence-corrected chi connectivity index (χ4v) is 1.04. The molecule has 0 saturated heterocycles. The molecular formula is C6H5BrN2. The van der Waals surface area contributed by atoms with Gasteiger partial charge in [0.05, 0.1) is 0 Å². The highest BCUT2D eigenvalue weighted by atomic mass is 79.9. The van der Waals surface area contributed by atoms with E-state index in [0.29, 0.717) is 5.82 Å². The minimum Gasteiger partial charge on any atom is -0.326 e. The van der Waals surface area contributed by atoms with Gasteiger partial charge in [0.1, 0.15) is 4.60 Å². The SMILES string of the molecule is C#Cc1nc(Br)cn1C. The second-order valence-corrected chi connectivity index (χ2v) is 2.45. The number of hydrogen-bond donors (Lipinski definition) is 0. The summed E-state index contributed by atoms with van der Waals surface area (Å²) in [5.74, 6) is 3.08. The molecule has 0 aliphatic carbocycles. The summed E-state index contributed by atoms with van der Waals surface area (Å²) in [4.78, 5) is 3.97. The molecule has 0 aromatic carbocycles. The van der Waals surface area contributed by atoms with Crippen molar-refractivity contribution in [2.45, 2.75) is 0 Å². The maximum atomic E-state index is 5.11. The summed E-state index contributed by atoms with van der Waals surface area (Å²) < 4.78 is 2.56. The van der Waals surface area contributed by atoms with Crippen LogP contribution in [0.3, 0.4) is 0 Å². The molecule has 1 aromatic rings. The fourth-order valence-electron chi connectivity index (χ4n) is 0.564. The molecule has 0 radical (unpaired) electrons. The number of nitrogens with zero attached hydrogens (tertiary/aromatic N) is 2. The van der Waals surface area contributed by atoms with Crippen LogP contribution in [0, 0.1) is 12.3 Å². The van der Waals surface area contributed by atoms with Gasteiger partial charge in [-0.3, -0.25) is 0 Å². The molecule has 1 rings (SSSR count). The van der Waals surface area contributed by atoms with Crippen LogP contribution in [0.4, 0.5) is 0 Å². The van der Waals surface area contributed by atoms with Gasteiger partial charge in [-0.15, -0.1) is 6.42 Å². The number of halogens is 1. The average Bonchev–Trinajstić information content (AvgIpc) is 2.10. The summed E-state index contributed by atoms with van der Waals surface area (Å²) in [6, 6.07) is 0. The van der Waals surface area contributed by atoms with Crippen molar-refractivity contribution < 1.29 is 0 Å². The second kappa shape index (κ2) is 2.24. The minimum atomic E-state index is 0.641. The van der Waals surface area contributed by atoms with E-state index in [4.69, 9.17) is 6.42 Å². The molecule has 2 nitrogen and oxygen atoms in total. The Morgan fingerprint density at radius 1 is 1.89 bits per heavy atom. The molecule has 0 amide bonds. The van der Waals surface area contributed by atoms with Crippen molar-refractivity contribution in [3.63, 3.8) is 0 Å². The lowest BCUT2D eigenvalue weighted by atomic mass is 10.6. The summed E-state index contributed by atoms with van der Waals surface area (Å²) in [7, 11) is 1.85. The van der Waals surface area contributed by atoms with Crippen molar-refractivity contribution in [1.29, 1.82) is 0 Å². The Balaban J connectivity index is 3.20. The highest BCUT2D eigenvalue weighted by Gasteiger charge is 1.96. The summed E-state index contributed by atoms with van der Waals surface area (Å²) in [6.07, 6.45) is 6.92. The molecule has 46 valence electrons. The summed E-state index contributed by atoms with van der Waals surface area (Å²) in [5, 5.41) is 0. The summed E-state index contributed by atoms with van der Waals surface area (Å²) >= 11 is 3.20. The van der Waals surface area contributed by atoms with Crippen molar-refractivity contribution in [3.05, 3.63) is 16.6 Å². The van der Waals surface area contributed by atoms with E-state index in [-0.39, 0.29) is 0 Å². The number of rotatable bonds is 0. The highest BCUT2D eigenvalue weighted by Crippen LogP contribution is 2.06. The second-order valence-electron chi connectivity index (χ2n) is 1.64. The van der Waals surface area contributed by atoms with Crippen LogP contribution in [-0.2, 0) is 7.05 Å². The molecule has 3 heteroatoms. The molecule has 0 fully saturated rings. The van der Waals surface area contributed by atoms with Crippen LogP contribution in [0.2, 0.25) is 0 Å². The molecule has 0 aliphatic rings. The first-order valence-electron chi connectivity index (χ1n) is 2.39. The Kier molecular flexibility index (Phi) is 1.58. The van der Waals surface area contributed by atoms with Crippen molar-refractivity contribution in [3.8, 4) is 12.3 Å². The zero-order valence-corrected chi connectivity index (χ0v) is 6.51. The molecule has 0 aliphatic heterocycles. The lowest BCUT2D eigenvalue weighted by Crippen LogP contribution is -1.88. The van der Waals surface area contributed by atoms with Crippen LogP contribution in [0.5, 0.6) is 0 Å². The van der Waals surface area contributed by atoms with Gasteiger partial charge in [-0.25, -0.2) is 4.98 Å². The van der Waals surface area contributed by atoms with Gasteiger partial charge in [0.15, 0.2) is 5.82 Å². The zero-order chi connectivity index (χ0) is 6.85. The molecular weight excluding hydrogens is 180 g/mol. The molecule has 0 bridgehead atoms. The molecule has 0 atom stereocenters. The van der Waals surface area contributed by atoms with Gasteiger partial charge in [0, 0.05) is 13.2 Å². The number of hydrogen-bond acceptors (Lipinski definition) is 1. The number of imidazole rings is 1. The molecule has 0 spiro atoms. The standard InChI is InChI=1S/C6H5BrN2/c1-3-6-8-5(7)4-9(6)2/h1,4H,2H3. The van der Waals surface area contributed by atoms with Gasteiger partial charge >= 0.3 is 0 Å². The molecule has 1 aromatic heterocycles. The smallest absolute Gasteiger partial charge is 0.185 e. The predicted octanol–water partition coefficient (Wildman–Crippen LogP) is 1.16. The van der Waals surface area contributed by atoms with E-state index in [1.54, 1.807) is 4.57 Å². The number of aromatic nitrogens is 2. The molecule has 0 saturated carbocycles. The van der Waals surface area contributed by atoms with E-state index < -0.39 is 0 Å². The molecule has 0 unspecified atom stereocenters. The van der Waals surface area contributed by atoms with Crippen LogP contribution in [0.25, 0.3) is 0 Å². The maximum absolute atomic E-state index is 5.11. The van der Waals surface area contributed by atoms with Gasteiger partial charge in [0.25, 0.3) is 0 Å². The van der Waals surface area contributed by atoms with E-state index in [2.05, 4.69) is 26.8 Å². The third-order valence-corrected chi connectivity index (χ3v) is 1.36. The minimum absolute atomic E-state index is 0.641. The van der Waals surface area contributed by atoms with E-state index in [1.807, 2.05) is 13.2 Å². The Morgan fingerprint density at radius 2 is 2.56 bits per heavy atom. The average molecular weight is 185 g/mol. The quantitative estimate of drug-likeness (QED) is 0.554. The number of terminal acetylenes is 1. The van der Waals surface area contributed by atoms with Crippen LogP contribution < -0.4 is 0 Å². The first-order chi connectivity index (χ1) is 4.24. The van der Waals surface area contributed by atoms with Gasteiger partial charge in [-0.05, 0) is 21.9 Å². The molecule has 9 heavy (non-hydrogen) atoms. The lowest BCUT2D eigenvalue weighted by molar-refractivity contribution is 0.894. The first-order valence-corrected chi connectivity index (χ1v) is 3.19. The Hall–Kier alpha value is -0.750. The largest absolute Gasteiger partial charge is 0.326 e. The van der Waals surface area contributed by atoms with Crippen molar-refractivity contribution in [1.82, 2.24) is 9.55 Å². The predicted molar refractivity (Wildman–Crippen MR) is 38.8 cm³/mol. The monoisotopic (exact) mass is 184 g/mol. The van der Waals surface area contributed by atoms with Gasteiger partial charge in [0.2, 0.25) is 0 Å². The molecule has 1 heterocycles. The summed E-state index contributed by atoms with van der Waals surface area (Å²) in [6.45, 7) is 0. The summed E-state index contributed by atoms with van der Waals surface area (Å²) in [5.41, 5.74) is 0. The topological polar surface area (TPSA) is 17.8 Å². The van der Waals surface area contributed by atoms with E-state index >= 15 is 0 Å². The zero-order valence-electron chi connectivity index (χ0n) is 4.93. The van der Waals surface area contributed by atoms with Gasteiger partial charge < -0.3 is 4.57 Å². The van der Waals surface area contributed by atoms with Crippen LogP contribution in [0.15, 0.2) is 10.8 Å².